The molecule has 1 saturated carbocycles. The second-order valence-corrected chi connectivity index (χ2v) is 8.38. The predicted octanol–water partition coefficient (Wildman–Crippen LogP) is 1.25. The Balaban J connectivity index is 1.67. The van der Waals surface area contributed by atoms with Crippen LogP contribution in [0.3, 0.4) is 0 Å². The van der Waals surface area contributed by atoms with Gasteiger partial charge < -0.3 is 10.4 Å². The topological polar surface area (TPSA) is 96.4 Å². The highest BCUT2D eigenvalue weighted by molar-refractivity contribution is 7.91. The van der Waals surface area contributed by atoms with Crippen molar-refractivity contribution in [3.8, 4) is 5.75 Å². The van der Waals surface area contributed by atoms with Crippen LogP contribution in [0.25, 0.3) is 0 Å². The van der Waals surface area contributed by atoms with Crippen molar-refractivity contribution in [2.45, 2.75) is 26.2 Å². The van der Waals surface area contributed by atoms with E-state index in [1.165, 1.54) is 6.07 Å². The summed E-state index contributed by atoms with van der Waals surface area (Å²) < 4.78 is 22.9. The minimum absolute atomic E-state index is 0.0603. The van der Waals surface area contributed by atoms with Crippen LogP contribution < -0.4 is 5.32 Å². The summed E-state index contributed by atoms with van der Waals surface area (Å²) >= 11 is 0. The van der Waals surface area contributed by atoms with Crippen LogP contribution in [0.5, 0.6) is 5.75 Å². The summed E-state index contributed by atoms with van der Waals surface area (Å²) in [5, 5.41) is 12.4. The van der Waals surface area contributed by atoms with E-state index < -0.39 is 9.84 Å². The number of sulfone groups is 1. The van der Waals surface area contributed by atoms with Crippen LogP contribution in [0.1, 0.15) is 25.0 Å². The third-order valence-corrected chi connectivity index (χ3v) is 6.24. The maximum absolute atomic E-state index is 12.3. The van der Waals surface area contributed by atoms with Crippen LogP contribution in [0.15, 0.2) is 12.1 Å². The second-order valence-electron chi connectivity index (χ2n) is 6.08. The van der Waals surface area contributed by atoms with E-state index in [2.05, 4.69) is 10.3 Å². The van der Waals surface area contributed by atoms with E-state index in [4.69, 9.17) is 0 Å². The van der Waals surface area contributed by atoms with E-state index in [0.29, 0.717) is 18.5 Å². The van der Waals surface area contributed by atoms with Gasteiger partial charge in [-0.3, -0.25) is 4.79 Å². The van der Waals surface area contributed by atoms with Crippen molar-refractivity contribution in [3.63, 3.8) is 0 Å². The number of hydrogen-bond donors (Lipinski definition) is 2. The number of hydrogen-bond acceptors (Lipinski definition) is 5. The molecule has 114 valence electrons. The SMILES string of the molecule is Cc1ccc(O)c(NC(=O)[C@H]2CC23CCS(=O)(=O)CC3)n1. The minimum atomic E-state index is -2.92. The molecule has 7 heteroatoms. The molecular formula is C14H18N2O4S. The molecule has 0 radical (unpaired) electrons. The normalized spacial score (nSPS) is 25.5. The molecule has 1 saturated heterocycles. The van der Waals surface area contributed by atoms with Crippen LogP contribution in [-0.2, 0) is 14.6 Å². The predicted molar refractivity (Wildman–Crippen MR) is 77.7 cm³/mol. The Kier molecular flexibility index (Phi) is 3.20. The van der Waals surface area contributed by atoms with Gasteiger partial charge in [-0.1, -0.05) is 0 Å². The molecule has 0 bridgehead atoms. The molecule has 1 spiro atoms. The zero-order chi connectivity index (χ0) is 15.3. The van der Waals surface area contributed by atoms with Crippen molar-refractivity contribution in [3.05, 3.63) is 17.8 Å². The standard InChI is InChI=1S/C14H18N2O4S/c1-9-2-3-11(17)12(15-9)16-13(18)10-8-14(10)4-6-21(19,20)7-5-14/h2-3,10,17H,4-8H2,1H3,(H,15,16,18)/t10-/m1/s1. The maximum atomic E-state index is 12.3. The van der Waals surface area contributed by atoms with E-state index in [1.807, 2.05) is 0 Å². The summed E-state index contributed by atoms with van der Waals surface area (Å²) in [5.41, 5.74) is 0.548. The molecule has 2 fully saturated rings. The number of aryl methyl sites for hydroxylation is 1. The van der Waals surface area contributed by atoms with Crippen molar-refractivity contribution < 1.29 is 18.3 Å². The van der Waals surface area contributed by atoms with Gasteiger partial charge in [0.2, 0.25) is 5.91 Å². The van der Waals surface area contributed by atoms with Gasteiger partial charge in [0, 0.05) is 11.6 Å². The number of anilines is 1. The summed E-state index contributed by atoms with van der Waals surface area (Å²) in [6.07, 6.45) is 1.84. The Bertz CT molecular complexity index is 685. The summed E-state index contributed by atoms with van der Waals surface area (Å²) in [5.74, 6) is 0.105. The Morgan fingerprint density at radius 1 is 1.38 bits per heavy atom. The van der Waals surface area contributed by atoms with Crippen molar-refractivity contribution in [2.75, 3.05) is 16.8 Å². The molecular weight excluding hydrogens is 292 g/mol. The fourth-order valence-electron chi connectivity index (χ4n) is 3.06. The van der Waals surface area contributed by atoms with Gasteiger partial charge in [0.1, 0.15) is 9.84 Å². The number of aromatic nitrogens is 1. The van der Waals surface area contributed by atoms with Crippen LogP contribution in [-0.4, -0.2) is 35.9 Å². The average molecular weight is 310 g/mol. The number of rotatable bonds is 2. The van der Waals surface area contributed by atoms with Gasteiger partial charge in [-0.05, 0) is 43.7 Å². The monoisotopic (exact) mass is 310 g/mol. The van der Waals surface area contributed by atoms with Crippen molar-refractivity contribution in [1.82, 2.24) is 4.98 Å². The first-order valence-electron chi connectivity index (χ1n) is 6.99. The Hall–Kier alpha value is -1.63. The van der Waals surface area contributed by atoms with E-state index in [0.717, 1.165) is 6.42 Å². The van der Waals surface area contributed by atoms with Crippen molar-refractivity contribution in [2.24, 2.45) is 11.3 Å². The fraction of sp³-hybridized carbons (Fsp3) is 0.571. The summed E-state index contributed by atoms with van der Waals surface area (Å²) in [6, 6.07) is 3.16. The van der Waals surface area contributed by atoms with E-state index in [1.54, 1.807) is 13.0 Å². The molecule has 2 aliphatic rings. The van der Waals surface area contributed by atoms with Gasteiger partial charge in [-0.15, -0.1) is 0 Å². The quantitative estimate of drug-likeness (QED) is 0.857. The van der Waals surface area contributed by atoms with Gasteiger partial charge in [-0.2, -0.15) is 0 Å². The minimum Gasteiger partial charge on any atom is -0.504 e. The lowest BCUT2D eigenvalue weighted by Gasteiger charge is -2.22. The first-order valence-corrected chi connectivity index (χ1v) is 8.81. The highest BCUT2D eigenvalue weighted by atomic mass is 32.2. The number of amides is 1. The smallest absolute Gasteiger partial charge is 0.229 e. The van der Waals surface area contributed by atoms with Gasteiger partial charge in [-0.25, -0.2) is 13.4 Å². The number of pyridine rings is 1. The largest absolute Gasteiger partial charge is 0.504 e. The molecule has 1 aromatic heterocycles. The molecule has 0 aromatic carbocycles. The molecule has 1 aromatic rings. The highest BCUT2D eigenvalue weighted by Gasteiger charge is 2.59. The summed E-state index contributed by atoms with van der Waals surface area (Å²) in [6.45, 7) is 1.78. The highest BCUT2D eigenvalue weighted by Crippen LogP contribution is 2.60. The first kappa shape index (κ1) is 14.3. The van der Waals surface area contributed by atoms with Crippen LogP contribution >= 0.6 is 0 Å². The Morgan fingerprint density at radius 2 is 2.05 bits per heavy atom. The molecule has 1 amide bonds. The number of carbonyl (C=O) groups excluding carboxylic acids is 1. The van der Waals surface area contributed by atoms with Gasteiger partial charge >= 0.3 is 0 Å². The van der Waals surface area contributed by atoms with Crippen LogP contribution in [0, 0.1) is 18.3 Å². The molecule has 2 heterocycles. The second kappa shape index (κ2) is 4.69. The lowest BCUT2D eigenvalue weighted by atomic mass is 9.96. The maximum Gasteiger partial charge on any atom is 0.229 e. The number of carbonyl (C=O) groups is 1. The van der Waals surface area contributed by atoms with Gasteiger partial charge in [0.15, 0.2) is 11.6 Å². The molecule has 21 heavy (non-hydrogen) atoms. The molecule has 1 atom stereocenters. The lowest BCUT2D eigenvalue weighted by Crippen LogP contribution is -2.28. The Morgan fingerprint density at radius 3 is 2.71 bits per heavy atom. The molecule has 6 nitrogen and oxygen atoms in total. The fourth-order valence-corrected chi connectivity index (χ4v) is 4.70. The van der Waals surface area contributed by atoms with Crippen LogP contribution in [0.2, 0.25) is 0 Å². The molecule has 1 aliphatic carbocycles. The van der Waals surface area contributed by atoms with E-state index in [9.17, 15) is 18.3 Å². The third-order valence-electron chi connectivity index (χ3n) is 4.58. The lowest BCUT2D eigenvalue weighted by molar-refractivity contribution is -0.118. The molecule has 1 aliphatic heterocycles. The number of nitrogens with zero attached hydrogens (tertiary/aromatic N) is 1. The van der Waals surface area contributed by atoms with E-state index in [-0.39, 0.29) is 40.3 Å². The first-order chi connectivity index (χ1) is 9.81. The molecule has 3 rings (SSSR count). The third kappa shape index (κ3) is 2.74. The molecule has 2 N–H and O–H groups in total. The van der Waals surface area contributed by atoms with Crippen molar-refractivity contribution >= 4 is 21.6 Å². The van der Waals surface area contributed by atoms with Crippen molar-refractivity contribution in [1.29, 1.82) is 0 Å². The number of nitrogens with one attached hydrogen (secondary N) is 1. The number of aromatic hydroxyl groups is 1. The van der Waals surface area contributed by atoms with Crippen LogP contribution in [0.4, 0.5) is 5.82 Å². The van der Waals surface area contributed by atoms with Gasteiger partial charge in [0.25, 0.3) is 0 Å². The zero-order valence-electron chi connectivity index (χ0n) is 11.8. The zero-order valence-corrected chi connectivity index (χ0v) is 12.6. The van der Waals surface area contributed by atoms with Gasteiger partial charge in [0.05, 0.1) is 11.5 Å². The average Bonchev–Trinajstić information content (AvgIpc) is 3.13. The van der Waals surface area contributed by atoms with E-state index >= 15 is 0 Å². The summed E-state index contributed by atoms with van der Waals surface area (Å²) in [7, 11) is -2.92. The Labute approximate surface area is 123 Å². The molecule has 0 unspecified atom stereocenters. The summed E-state index contributed by atoms with van der Waals surface area (Å²) in [4.78, 5) is 16.4.